The number of carboxylic acids is 1. The first kappa shape index (κ1) is 14.4. The normalized spacial score (nSPS) is 13.7. The Labute approximate surface area is 108 Å². The zero-order valence-corrected chi connectivity index (χ0v) is 10.8. The molecule has 7 nitrogen and oxygen atoms in total. The second-order valence-corrected chi connectivity index (χ2v) is 4.63. The Hall–Kier alpha value is -1.67. The second kappa shape index (κ2) is 6.31. The van der Waals surface area contributed by atoms with Gasteiger partial charge in [0.1, 0.15) is 5.01 Å². The summed E-state index contributed by atoms with van der Waals surface area (Å²) >= 11 is 1.41. The van der Waals surface area contributed by atoms with Gasteiger partial charge in [0.15, 0.2) is 6.04 Å². The van der Waals surface area contributed by atoms with Gasteiger partial charge >= 0.3 is 12.0 Å². The number of carboxylic acid groups (broad SMARTS) is 1. The van der Waals surface area contributed by atoms with Gasteiger partial charge in [-0.3, -0.25) is 0 Å². The van der Waals surface area contributed by atoms with Gasteiger partial charge < -0.3 is 20.8 Å². The molecule has 0 fully saturated rings. The minimum atomic E-state index is -1.31. The Morgan fingerprint density at radius 1 is 1.50 bits per heavy atom. The number of rotatable bonds is 5. The number of aliphatic hydroxyl groups excluding tert-OH is 1. The maximum Gasteiger partial charge on any atom is 0.328 e. The Morgan fingerprint density at radius 2 is 2.17 bits per heavy atom. The van der Waals surface area contributed by atoms with Crippen molar-refractivity contribution in [3.8, 4) is 0 Å². The highest BCUT2D eigenvalue weighted by Crippen LogP contribution is 2.16. The van der Waals surface area contributed by atoms with Crippen LogP contribution in [0.2, 0.25) is 0 Å². The Balaban J connectivity index is 2.52. The number of aryl methyl sites for hydroxylation is 1. The number of aliphatic hydroxyl groups is 1. The number of thiazole rings is 1. The van der Waals surface area contributed by atoms with Gasteiger partial charge in [0.05, 0.1) is 12.6 Å². The van der Waals surface area contributed by atoms with E-state index >= 15 is 0 Å². The lowest BCUT2D eigenvalue weighted by molar-refractivity contribution is -0.140. The molecule has 1 rings (SSSR count). The monoisotopic (exact) mass is 273 g/mol. The smallest absolute Gasteiger partial charge is 0.328 e. The number of aliphatic carboxylic acids is 1. The number of nitrogens with one attached hydrogen (secondary N) is 2. The van der Waals surface area contributed by atoms with Crippen LogP contribution in [0.5, 0.6) is 0 Å². The standard InChI is InChI=1S/C10H15N3O4S/c1-5-4-18-8(11-5)6(2)12-10(17)13-7(3-14)9(15)16/h4,6-7,14H,3H2,1-2H3,(H,15,16)(H2,12,13,17). The number of hydrogen-bond acceptors (Lipinski definition) is 5. The van der Waals surface area contributed by atoms with Crippen molar-refractivity contribution in [2.24, 2.45) is 0 Å². The van der Waals surface area contributed by atoms with E-state index in [1.165, 1.54) is 11.3 Å². The molecule has 0 bridgehead atoms. The zero-order chi connectivity index (χ0) is 13.7. The molecule has 0 aliphatic heterocycles. The fourth-order valence-electron chi connectivity index (χ4n) is 1.21. The maximum atomic E-state index is 11.5. The van der Waals surface area contributed by atoms with E-state index in [4.69, 9.17) is 10.2 Å². The summed E-state index contributed by atoms with van der Waals surface area (Å²) in [5.74, 6) is -1.29. The van der Waals surface area contributed by atoms with Gasteiger partial charge in [-0.1, -0.05) is 0 Å². The van der Waals surface area contributed by atoms with E-state index in [1.54, 1.807) is 6.92 Å². The first-order valence-electron chi connectivity index (χ1n) is 5.26. The van der Waals surface area contributed by atoms with Crippen molar-refractivity contribution in [3.05, 3.63) is 16.1 Å². The molecule has 2 unspecified atom stereocenters. The molecule has 2 atom stereocenters. The summed E-state index contributed by atoms with van der Waals surface area (Å²) in [5.41, 5.74) is 0.864. The Morgan fingerprint density at radius 3 is 2.61 bits per heavy atom. The summed E-state index contributed by atoms with van der Waals surface area (Å²) in [6.07, 6.45) is 0. The van der Waals surface area contributed by atoms with E-state index in [0.717, 1.165) is 10.7 Å². The van der Waals surface area contributed by atoms with Crippen molar-refractivity contribution in [1.82, 2.24) is 15.6 Å². The summed E-state index contributed by atoms with van der Waals surface area (Å²) in [6, 6.07) is -2.29. The molecule has 1 aromatic rings. The van der Waals surface area contributed by atoms with Gasteiger partial charge in [0.2, 0.25) is 0 Å². The molecule has 8 heteroatoms. The fourth-order valence-corrected chi connectivity index (χ4v) is 2.02. The number of aromatic nitrogens is 1. The van der Waals surface area contributed by atoms with E-state index in [-0.39, 0.29) is 6.04 Å². The number of carbonyl (C=O) groups is 2. The summed E-state index contributed by atoms with van der Waals surface area (Å²) in [7, 11) is 0. The van der Waals surface area contributed by atoms with Crippen LogP contribution in [0.3, 0.4) is 0 Å². The average Bonchev–Trinajstić information content (AvgIpc) is 2.72. The lowest BCUT2D eigenvalue weighted by atomic mass is 10.3. The minimum Gasteiger partial charge on any atom is -0.480 e. The predicted octanol–water partition coefficient (Wildman–Crippen LogP) is 0.257. The highest BCUT2D eigenvalue weighted by molar-refractivity contribution is 7.09. The Bertz CT molecular complexity index is 435. The molecule has 2 amide bonds. The molecule has 100 valence electrons. The molecule has 0 aliphatic carbocycles. The third kappa shape index (κ3) is 3.97. The number of carbonyl (C=O) groups excluding carboxylic acids is 1. The molecule has 0 spiro atoms. The molecule has 0 saturated heterocycles. The Kier molecular flexibility index (Phi) is 5.05. The molecule has 1 heterocycles. The third-order valence-corrected chi connectivity index (χ3v) is 3.29. The van der Waals surface area contributed by atoms with Crippen LogP contribution in [-0.2, 0) is 4.79 Å². The van der Waals surface area contributed by atoms with Crippen molar-refractivity contribution < 1.29 is 19.8 Å². The van der Waals surface area contributed by atoms with Crippen LogP contribution in [0, 0.1) is 6.92 Å². The van der Waals surface area contributed by atoms with Crippen LogP contribution in [-0.4, -0.2) is 39.8 Å². The van der Waals surface area contributed by atoms with Gasteiger partial charge in [0.25, 0.3) is 0 Å². The van der Waals surface area contributed by atoms with E-state index in [0.29, 0.717) is 0 Å². The molecule has 1 aromatic heterocycles. The van der Waals surface area contributed by atoms with Crippen molar-refractivity contribution >= 4 is 23.3 Å². The predicted molar refractivity (Wildman–Crippen MR) is 65.4 cm³/mol. The highest BCUT2D eigenvalue weighted by atomic mass is 32.1. The van der Waals surface area contributed by atoms with Crippen molar-refractivity contribution in [3.63, 3.8) is 0 Å². The molecule has 0 aromatic carbocycles. The third-order valence-electron chi connectivity index (χ3n) is 2.14. The molecule has 18 heavy (non-hydrogen) atoms. The van der Waals surface area contributed by atoms with Gasteiger partial charge in [-0.25, -0.2) is 14.6 Å². The molecule has 0 saturated carbocycles. The number of nitrogens with zero attached hydrogens (tertiary/aromatic N) is 1. The van der Waals surface area contributed by atoms with Crippen LogP contribution >= 0.6 is 11.3 Å². The van der Waals surface area contributed by atoms with Crippen molar-refractivity contribution in [2.75, 3.05) is 6.61 Å². The second-order valence-electron chi connectivity index (χ2n) is 3.74. The van der Waals surface area contributed by atoms with Crippen LogP contribution in [0.15, 0.2) is 5.38 Å². The largest absolute Gasteiger partial charge is 0.480 e. The first-order valence-corrected chi connectivity index (χ1v) is 6.14. The zero-order valence-electron chi connectivity index (χ0n) is 10.0. The van der Waals surface area contributed by atoms with Crippen LogP contribution in [0.25, 0.3) is 0 Å². The summed E-state index contributed by atoms with van der Waals surface area (Å²) in [6.45, 7) is 2.93. The average molecular weight is 273 g/mol. The lowest BCUT2D eigenvalue weighted by Gasteiger charge is -2.15. The maximum absolute atomic E-state index is 11.5. The molecule has 0 aliphatic rings. The number of amides is 2. The quantitative estimate of drug-likeness (QED) is 0.615. The van der Waals surface area contributed by atoms with Crippen LogP contribution in [0.4, 0.5) is 4.79 Å². The highest BCUT2D eigenvalue weighted by Gasteiger charge is 2.20. The molecular weight excluding hydrogens is 258 g/mol. The molecule has 0 radical (unpaired) electrons. The summed E-state index contributed by atoms with van der Waals surface area (Å²) < 4.78 is 0. The minimum absolute atomic E-state index is 0.322. The number of hydrogen-bond donors (Lipinski definition) is 4. The van der Waals surface area contributed by atoms with E-state index in [9.17, 15) is 9.59 Å². The topological polar surface area (TPSA) is 112 Å². The first-order chi connectivity index (χ1) is 8.43. The SMILES string of the molecule is Cc1csc(C(C)NC(=O)NC(CO)C(=O)O)n1. The van der Waals surface area contributed by atoms with Gasteiger partial charge in [0, 0.05) is 11.1 Å². The summed E-state index contributed by atoms with van der Waals surface area (Å²) in [4.78, 5) is 26.3. The van der Waals surface area contributed by atoms with Gasteiger partial charge in [-0.15, -0.1) is 11.3 Å². The van der Waals surface area contributed by atoms with E-state index in [1.807, 2.05) is 12.3 Å². The van der Waals surface area contributed by atoms with Crippen molar-refractivity contribution in [1.29, 1.82) is 0 Å². The molecular formula is C10H15N3O4S. The van der Waals surface area contributed by atoms with Gasteiger partial charge in [-0.2, -0.15) is 0 Å². The lowest BCUT2D eigenvalue weighted by Crippen LogP contribution is -2.48. The number of urea groups is 1. The van der Waals surface area contributed by atoms with Crippen LogP contribution < -0.4 is 10.6 Å². The van der Waals surface area contributed by atoms with Gasteiger partial charge in [-0.05, 0) is 13.8 Å². The molecule has 4 N–H and O–H groups in total. The fraction of sp³-hybridized carbons (Fsp3) is 0.500. The van der Waals surface area contributed by atoms with E-state index in [2.05, 4.69) is 15.6 Å². The van der Waals surface area contributed by atoms with E-state index < -0.39 is 24.6 Å². The van der Waals surface area contributed by atoms with Crippen LogP contribution in [0.1, 0.15) is 23.7 Å². The summed E-state index contributed by atoms with van der Waals surface area (Å²) in [5, 5.41) is 24.7. The van der Waals surface area contributed by atoms with Crippen molar-refractivity contribution in [2.45, 2.75) is 25.9 Å².